The summed E-state index contributed by atoms with van der Waals surface area (Å²) in [5.74, 6) is 1.88. The summed E-state index contributed by atoms with van der Waals surface area (Å²) in [5, 5.41) is 4.62. The first-order valence-electron chi connectivity index (χ1n) is 7.04. The summed E-state index contributed by atoms with van der Waals surface area (Å²) >= 11 is 3.53. The van der Waals surface area contributed by atoms with Crippen molar-refractivity contribution in [3.05, 3.63) is 39.9 Å². The van der Waals surface area contributed by atoms with Gasteiger partial charge in [0, 0.05) is 23.4 Å². The molecule has 0 aliphatic carbocycles. The van der Waals surface area contributed by atoms with E-state index in [2.05, 4.69) is 52.0 Å². The van der Waals surface area contributed by atoms with Crippen LogP contribution in [-0.4, -0.2) is 20.8 Å². The second-order valence-electron chi connectivity index (χ2n) is 5.02. The van der Waals surface area contributed by atoms with Gasteiger partial charge < -0.3 is 5.73 Å². The van der Waals surface area contributed by atoms with Crippen LogP contribution < -0.4 is 5.73 Å². The Bertz CT molecular complexity index is 590. The molecule has 108 valence electrons. The summed E-state index contributed by atoms with van der Waals surface area (Å²) < 4.78 is 3.02. The number of hydrogen-bond donors (Lipinski definition) is 1. The van der Waals surface area contributed by atoms with E-state index in [1.807, 2.05) is 17.7 Å². The van der Waals surface area contributed by atoms with Gasteiger partial charge in [-0.05, 0) is 37.1 Å². The van der Waals surface area contributed by atoms with E-state index >= 15 is 0 Å². The molecule has 1 heterocycles. The molecule has 2 aromatic rings. The zero-order chi connectivity index (χ0) is 14.7. The van der Waals surface area contributed by atoms with Gasteiger partial charge in [-0.3, -0.25) is 0 Å². The molecule has 0 aliphatic rings. The minimum Gasteiger partial charge on any atom is -0.328 e. The van der Waals surface area contributed by atoms with Gasteiger partial charge in [0.05, 0.1) is 5.69 Å². The van der Waals surface area contributed by atoms with Crippen LogP contribution in [0, 0.1) is 0 Å². The lowest BCUT2D eigenvalue weighted by Gasteiger charge is -2.13. The average molecular weight is 337 g/mol. The fourth-order valence-corrected chi connectivity index (χ4v) is 2.64. The van der Waals surface area contributed by atoms with Gasteiger partial charge in [-0.25, -0.2) is 9.67 Å². The van der Waals surface area contributed by atoms with E-state index in [1.165, 1.54) is 5.56 Å². The Labute approximate surface area is 128 Å². The van der Waals surface area contributed by atoms with Crippen LogP contribution >= 0.6 is 15.9 Å². The summed E-state index contributed by atoms with van der Waals surface area (Å²) in [5.41, 5.74) is 8.23. The van der Waals surface area contributed by atoms with Gasteiger partial charge in [0.25, 0.3) is 0 Å². The van der Waals surface area contributed by atoms with Crippen molar-refractivity contribution in [2.24, 2.45) is 5.73 Å². The molecule has 0 radical (unpaired) electrons. The molecule has 5 heteroatoms. The third kappa shape index (κ3) is 3.27. The number of nitrogens with zero attached hydrogens (tertiary/aromatic N) is 3. The molecule has 1 atom stereocenters. The molecule has 1 aromatic carbocycles. The van der Waals surface area contributed by atoms with E-state index in [4.69, 9.17) is 5.73 Å². The summed E-state index contributed by atoms with van der Waals surface area (Å²) in [7, 11) is 0. The maximum Gasteiger partial charge on any atom is 0.151 e. The van der Waals surface area contributed by atoms with Crippen LogP contribution in [-0.2, 0) is 19.3 Å². The summed E-state index contributed by atoms with van der Waals surface area (Å²) in [6.45, 7) is 6.19. The van der Waals surface area contributed by atoms with Crippen LogP contribution in [0.5, 0.6) is 0 Å². The number of halogens is 1. The summed E-state index contributed by atoms with van der Waals surface area (Å²) in [4.78, 5) is 4.58. The fourth-order valence-electron chi connectivity index (χ4n) is 2.23. The SMILES string of the molecule is CCc1nc(CC)n(-c2ccc(Br)cc2CC(C)N)n1. The molecule has 0 aliphatic heterocycles. The Hall–Kier alpha value is -1.20. The number of aromatic nitrogens is 3. The van der Waals surface area contributed by atoms with Crippen molar-refractivity contribution in [3.8, 4) is 5.69 Å². The van der Waals surface area contributed by atoms with E-state index in [-0.39, 0.29) is 6.04 Å². The first kappa shape index (κ1) is 15.2. The molecular weight excluding hydrogens is 316 g/mol. The Morgan fingerprint density at radius 2 is 2.05 bits per heavy atom. The molecule has 20 heavy (non-hydrogen) atoms. The van der Waals surface area contributed by atoms with Crippen molar-refractivity contribution >= 4 is 15.9 Å². The predicted molar refractivity (Wildman–Crippen MR) is 85.2 cm³/mol. The van der Waals surface area contributed by atoms with Crippen LogP contribution in [0.25, 0.3) is 5.69 Å². The van der Waals surface area contributed by atoms with Gasteiger partial charge >= 0.3 is 0 Å². The minimum absolute atomic E-state index is 0.113. The smallest absolute Gasteiger partial charge is 0.151 e. The molecule has 0 saturated heterocycles. The highest BCUT2D eigenvalue weighted by Crippen LogP contribution is 2.22. The number of benzene rings is 1. The van der Waals surface area contributed by atoms with Crippen molar-refractivity contribution in [1.29, 1.82) is 0 Å². The molecule has 0 spiro atoms. The zero-order valence-corrected chi connectivity index (χ0v) is 13.8. The Balaban J connectivity index is 2.53. The quantitative estimate of drug-likeness (QED) is 0.912. The lowest BCUT2D eigenvalue weighted by Crippen LogP contribution is -2.19. The molecule has 0 bridgehead atoms. The highest BCUT2D eigenvalue weighted by atomic mass is 79.9. The van der Waals surface area contributed by atoms with Crippen LogP contribution in [0.15, 0.2) is 22.7 Å². The van der Waals surface area contributed by atoms with Crippen LogP contribution in [0.1, 0.15) is 38.0 Å². The average Bonchev–Trinajstić information content (AvgIpc) is 2.81. The first-order chi connectivity index (χ1) is 9.55. The number of hydrogen-bond acceptors (Lipinski definition) is 3. The topological polar surface area (TPSA) is 56.7 Å². The predicted octanol–water partition coefficient (Wildman–Crippen LogP) is 3.04. The zero-order valence-electron chi connectivity index (χ0n) is 12.2. The normalized spacial score (nSPS) is 12.7. The van der Waals surface area contributed by atoms with Crippen molar-refractivity contribution < 1.29 is 0 Å². The highest BCUT2D eigenvalue weighted by molar-refractivity contribution is 9.10. The maximum absolute atomic E-state index is 5.96. The van der Waals surface area contributed by atoms with Gasteiger partial charge in [-0.2, -0.15) is 5.10 Å². The lowest BCUT2D eigenvalue weighted by atomic mass is 10.1. The molecule has 0 fully saturated rings. The van der Waals surface area contributed by atoms with E-state index in [9.17, 15) is 0 Å². The largest absolute Gasteiger partial charge is 0.328 e. The third-order valence-electron chi connectivity index (χ3n) is 3.16. The number of aryl methyl sites for hydroxylation is 2. The van der Waals surface area contributed by atoms with Crippen LogP contribution in [0.2, 0.25) is 0 Å². The van der Waals surface area contributed by atoms with E-state index in [0.29, 0.717) is 0 Å². The third-order valence-corrected chi connectivity index (χ3v) is 3.66. The molecule has 1 aromatic heterocycles. The standard InChI is InChI=1S/C15H21BrN4/c1-4-14-18-15(5-2)20(19-14)13-7-6-12(16)9-11(13)8-10(3)17/h6-7,9-10H,4-5,8,17H2,1-3H3. The Morgan fingerprint density at radius 3 is 2.65 bits per heavy atom. The monoisotopic (exact) mass is 336 g/mol. The van der Waals surface area contributed by atoms with Crippen LogP contribution in [0.3, 0.4) is 0 Å². The van der Waals surface area contributed by atoms with Gasteiger partial charge in [0.15, 0.2) is 5.82 Å². The molecule has 2 rings (SSSR count). The molecular formula is C15H21BrN4. The summed E-state index contributed by atoms with van der Waals surface area (Å²) in [6, 6.07) is 6.34. The fraction of sp³-hybridized carbons (Fsp3) is 0.467. The molecule has 1 unspecified atom stereocenters. The van der Waals surface area contributed by atoms with Crippen LogP contribution in [0.4, 0.5) is 0 Å². The van der Waals surface area contributed by atoms with Gasteiger partial charge in [0.1, 0.15) is 5.82 Å². The second-order valence-corrected chi connectivity index (χ2v) is 5.93. The number of nitrogens with two attached hydrogens (primary N) is 1. The Morgan fingerprint density at radius 1 is 1.30 bits per heavy atom. The van der Waals surface area contributed by atoms with Gasteiger partial charge in [-0.1, -0.05) is 29.8 Å². The molecule has 4 nitrogen and oxygen atoms in total. The van der Waals surface area contributed by atoms with E-state index < -0.39 is 0 Å². The van der Waals surface area contributed by atoms with E-state index in [0.717, 1.165) is 41.1 Å². The highest BCUT2D eigenvalue weighted by Gasteiger charge is 2.13. The minimum atomic E-state index is 0.113. The first-order valence-corrected chi connectivity index (χ1v) is 7.83. The maximum atomic E-state index is 5.96. The van der Waals surface area contributed by atoms with Crippen molar-refractivity contribution in [1.82, 2.24) is 14.8 Å². The Kier molecular flexibility index (Phi) is 4.94. The summed E-state index contributed by atoms with van der Waals surface area (Å²) in [6.07, 6.45) is 2.53. The number of rotatable bonds is 5. The van der Waals surface area contributed by atoms with Gasteiger partial charge in [-0.15, -0.1) is 0 Å². The van der Waals surface area contributed by atoms with Crippen molar-refractivity contribution in [2.45, 2.75) is 46.1 Å². The van der Waals surface area contributed by atoms with E-state index in [1.54, 1.807) is 0 Å². The van der Waals surface area contributed by atoms with Crippen molar-refractivity contribution in [3.63, 3.8) is 0 Å². The van der Waals surface area contributed by atoms with Gasteiger partial charge in [0.2, 0.25) is 0 Å². The molecule has 0 saturated carbocycles. The van der Waals surface area contributed by atoms with Crippen molar-refractivity contribution in [2.75, 3.05) is 0 Å². The second kappa shape index (κ2) is 6.50. The lowest BCUT2D eigenvalue weighted by molar-refractivity contribution is 0.718. The molecule has 2 N–H and O–H groups in total. The molecule has 0 amide bonds.